The first kappa shape index (κ1) is 15.6. The average Bonchev–Trinajstić information content (AvgIpc) is 3.25. The standard InChI is InChI=1S/C19H20N2O2S/c20-11-15-18(17-7-4-10-24-17)14-5-2-1-3-6-16(14)21-19(15)23-13-8-9-22-12-13/h4,7,10,13H,1-3,5-6,8-9,12H2. The Morgan fingerprint density at radius 1 is 1.29 bits per heavy atom. The van der Waals surface area contributed by atoms with E-state index in [4.69, 9.17) is 14.5 Å². The minimum atomic E-state index is 0.00427. The van der Waals surface area contributed by atoms with Gasteiger partial charge in [-0.2, -0.15) is 5.26 Å². The van der Waals surface area contributed by atoms with Gasteiger partial charge in [-0.05, 0) is 42.7 Å². The molecular weight excluding hydrogens is 320 g/mol. The molecule has 0 amide bonds. The number of aromatic nitrogens is 1. The Labute approximate surface area is 146 Å². The fourth-order valence-electron chi connectivity index (χ4n) is 3.54. The molecule has 1 aliphatic carbocycles. The van der Waals surface area contributed by atoms with Gasteiger partial charge >= 0.3 is 0 Å². The Balaban J connectivity index is 1.86. The molecule has 4 nitrogen and oxygen atoms in total. The number of nitrogens with zero attached hydrogens (tertiary/aromatic N) is 2. The second-order valence-corrected chi connectivity index (χ2v) is 7.29. The molecule has 0 saturated carbocycles. The Morgan fingerprint density at radius 2 is 2.21 bits per heavy atom. The minimum absolute atomic E-state index is 0.00427. The number of hydrogen-bond acceptors (Lipinski definition) is 5. The van der Waals surface area contributed by atoms with Gasteiger partial charge in [0.15, 0.2) is 0 Å². The maximum atomic E-state index is 9.85. The van der Waals surface area contributed by atoms with Crippen LogP contribution in [-0.4, -0.2) is 24.3 Å². The SMILES string of the molecule is N#Cc1c(OC2CCOC2)nc2c(c1-c1cccs1)CCCCC2. The normalized spacial score (nSPS) is 20.2. The highest BCUT2D eigenvalue weighted by Crippen LogP contribution is 2.39. The molecule has 0 aromatic carbocycles. The third kappa shape index (κ3) is 2.92. The van der Waals surface area contributed by atoms with Gasteiger partial charge in [-0.1, -0.05) is 12.5 Å². The van der Waals surface area contributed by atoms with E-state index in [0.717, 1.165) is 54.8 Å². The Kier molecular flexibility index (Phi) is 4.50. The monoisotopic (exact) mass is 340 g/mol. The van der Waals surface area contributed by atoms with E-state index >= 15 is 0 Å². The number of thiophene rings is 1. The van der Waals surface area contributed by atoms with Crippen LogP contribution in [0.2, 0.25) is 0 Å². The third-order valence-electron chi connectivity index (χ3n) is 4.74. The summed E-state index contributed by atoms with van der Waals surface area (Å²) in [5, 5.41) is 11.9. The maximum Gasteiger partial charge on any atom is 0.232 e. The van der Waals surface area contributed by atoms with Gasteiger partial charge < -0.3 is 9.47 Å². The molecule has 1 aliphatic heterocycles. The summed E-state index contributed by atoms with van der Waals surface area (Å²) in [7, 11) is 0. The number of pyridine rings is 1. The van der Waals surface area contributed by atoms with Crippen LogP contribution >= 0.6 is 11.3 Å². The maximum absolute atomic E-state index is 9.85. The molecule has 1 unspecified atom stereocenters. The lowest BCUT2D eigenvalue weighted by molar-refractivity contribution is 0.137. The van der Waals surface area contributed by atoms with E-state index in [1.165, 1.54) is 12.0 Å². The van der Waals surface area contributed by atoms with Crippen molar-refractivity contribution in [2.24, 2.45) is 0 Å². The second kappa shape index (κ2) is 6.92. The van der Waals surface area contributed by atoms with E-state index in [9.17, 15) is 5.26 Å². The lowest BCUT2D eigenvalue weighted by atomic mass is 9.96. The number of fused-ring (bicyclic) bond motifs is 1. The van der Waals surface area contributed by atoms with Gasteiger partial charge in [0.2, 0.25) is 5.88 Å². The van der Waals surface area contributed by atoms with Crippen LogP contribution in [0.5, 0.6) is 5.88 Å². The molecule has 0 spiro atoms. The number of nitriles is 1. The van der Waals surface area contributed by atoms with Gasteiger partial charge in [0, 0.05) is 22.6 Å². The van der Waals surface area contributed by atoms with Crippen LogP contribution in [0, 0.1) is 11.3 Å². The molecule has 2 aromatic heterocycles. The molecule has 0 radical (unpaired) electrons. The highest BCUT2D eigenvalue weighted by atomic mass is 32.1. The van der Waals surface area contributed by atoms with Gasteiger partial charge in [-0.25, -0.2) is 4.98 Å². The van der Waals surface area contributed by atoms with E-state index in [0.29, 0.717) is 18.1 Å². The molecular formula is C19H20N2O2S. The van der Waals surface area contributed by atoms with Gasteiger partial charge in [0.1, 0.15) is 17.7 Å². The largest absolute Gasteiger partial charge is 0.471 e. The highest BCUT2D eigenvalue weighted by Gasteiger charge is 2.26. The molecule has 2 aromatic rings. The quantitative estimate of drug-likeness (QED) is 0.789. The van der Waals surface area contributed by atoms with Gasteiger partial charge in [-0.3, -0.25) is 0 Å². The average molecular weight is 340 g/mol. The summed E-state index contributed by atoms with van der Waals surface area (Å²) in [6.07, 6.45) is 6.36. The Morgan fingerprint density at radius 3 is 2.96 bits per heavy atom. The summed E-state index contributed by atoms with van der Waals surface area (Å²) in [4.78, 5) is 5.92. The molecule has 2 aliphatic rings. The zero-order chi connectivity index (χ0) is 16.4. The molecule has 4 rings (SSSR count). The first-order chi connectivity index (χ1) is 11.9. The molecule has 0 N–H and O–H groups in total. The van der Waals surface area contributed by atoms with Crippen molar-refractivity contribution in [1.82, 2.24) is 4.98 Å². The van der Waals surface area contributed by atoms with Crippen molar-refractivity contribution < 1.29 is 9.47 Å². The molecule has 124 valence electrons. The predicted molar refractivity (Wildman–Crippen MR) is 93.4 cm³/mol. The minimum Gasteiger partial charge on any atom is -0.471 e. The molecule has 0 bridgehead atoms. The highest BCUT2D eigenvalue weighted by molar-refractivity contribution is 7.13. The molecule has 1 saturated heterocycles. The van der Waals surface area contributed by atoms with Crippen LogP contribution in [0.1, 0.15) is 42.5 Å². The van der Waals surface area contributed by atoms with Crippen molar-refractivity contribution in [3.63, 3.8) is 0 Å². The zero-order valence-electron chi connectivity index (χ0n) is 13.6. The van der Waals surface area contributed by atoms with E-state index in [-0.39, 0.29) is 6.10 Å². The van der Waals surface area contributed by atoms with Gasteiger partial charge in [0.05, 0.1) is 13.2 Å². The van der Waals surface area contributed by atoms with E-state index in [1.54, 1.807) is 11.3 Å². The first-order valence-electron chi connectivity index (χ1n) is 8.61. The number of ether oxygens (including phenoxy) is 2. The van der Waals surface area contributed by atoms with Crippen LogP contribution in [0.4, 0.5) is 0 Å². The molecule has 5 heteroatoms. The van der Waals surface area contributed by atoms with Crippen molar-refractivity contribution >= 4 is 11.3 Å². The van der Waals surface area contributed by atoms with Gasteiger partial charge in [0.25, 0.3) is 0 Å². The van der Waals surface area contributed by atoms with Crippen LogP contribution in [0.15, 0.2) is 17.5 Å². The Bertz CT molecular complexity index is 759. The van der Waals surface area contributed by atoms with Crippen LogP contribution < -0.4 is 4.74 Å². The summed E-state index contributed by atoms with van der Waals surface area (Å²) >= 11 is 1.68. The van der Waals surface area contributed by atoms with Crippen molar-refractivity contribution in [3.8, 4) is 22.4 Å². The second-order valence-electron chi connectivity index (χ2n) is 6.35. The lowest BCUT2D eigenvalue weighted by Crippen LogP contribution is -2.18. The molecule has 3 heterocycles. The fourth-order valence-corrected chi connectivity index (χ4v) is 4.34. The van der Waals surface area contributed by atoms with Crippen molar-refractivity contribution in [2.75, 3.05) is 13.2 Å². The predicted octanol–water partition coefficient (Wildman–Crippen LogP) is 4.12. The fraction of sp³-hybridized carbons (Fsp3) is 0.474. The zero-order valence-corrected chi connectivity index (χ0v) is 14.4. The number of hydrogen-bond donors (Lipinski definition) is 0. The summed E-state index contributed by atoms with van der Waals surface area (Å²) in [6.45, 7) is 1.30. The summed E-state index contributed by atoms with van der Waals surface area (Å²) in [6, 6.07) is 6.50. The van der Waals surface area contributed by atoms with Crippen molar-refractivity contribution in [2.45, 2.75) is 44.6 Å². The van der Waals surface area contributed by atoms with E-state index in [1.807, 2.05) is 6.07 Å². The van der Waals surface area contributed by atoms with Crippen LogP contribution in [-0.2, 0) is 17.6 Å². The van der Waals surface area contributed by atoms with Crippen LogP contribution in [0.25, 0.3) is 10.4 Å². The molecule has 24 heavy (non-hydrogen) atoms. The lowest BCUT2D eigenvalue weighted by Gasteiger charge is -2.18. The van der Waals surface area contributed by atoms with Gasteiger partial charge in [-0.15, -0.1) is 11.3 Å². The first-order valence-corrected chi connectivity index (χ1v) is 9.49. The third-order valence-corrected chi connectivity index (χ3v) is 5.62. The smallest absolute Gasteiger partial charge is 0.232 e. The molecule has 1 atom stereocenters. The van der Waals surface area contributed by atoms with Crippen LogP contribution in [0.3, 0.4) is 0 Å². The summed E-state index contributed by atoms with van der Waals surface area (Å²) < 4.78 is 11.5. The summed E-state index contributed by atoms with van der Waals surface area (Å²) in [5.41, 5.74) is 4.00. The summed E-state index contributed by atoms with van der Waals surface area (Å²) in [5.74, 6) is 0.497. The number of rotatable bonds is 3. The number of aryl methyl sites for hydroxylation is 1. The topological polar surface area (TPSA) is 55.1 Å². The molecule has 1 fully saturated rings. The van der Waals surface area contributed by atoms with E-state index < -0.39 is 0 Å². The Hall–Kier alpha value is -1.90. The van der Waals surface area contributed by atoms with Crippen molar-refractivity contribution in [3.05, 3.63) is 34.3 Å². The van der Waals surface area contributed by atoms with Crippen molar-refractivity contribution in [1.29, 1.82) is 5.26 Å². The van der Waals surface area contributed by atoms with E-state index in [2.05, 4.69) is 17.5 Å².